The quantitative estimate of drug-likeness (QED) is 0.516. The maximum absolute atomic E-state index is 12.1. The number of amides is 2. The summed E-state index contributed by atoms with van der Waals surface area (Å²) >= 11 is 7.00. The van der Waals surface area contributed by atoms with Crippen LogP contribution in [0, 0.1) is 0 Å². The second kappa shape index (κ2) is 4.98. The third kappa shape index (κ3) is 2.43. The molecule has 0 saturated heterocycles. The van der Waals surface area contributed by atoms with Crippen LogP contribution in [0.3, 0.4) is 0 Å². The van der Waals surface area contributed by atoms with Crippen LogP contribution in [0.4, 0.5) is 5.69 Å². The molecule has 7 heteroatoms. The molecular weight excluding hydrogens is 312 g/mol. The number of thiophene rings is 1. The van der Waals surface area contributed by atoms with E-state index in [-0.39, 0.29) is 29.0 Å². The number of Topliss-reactive ketones (excluding diaryl/α,β-unsaturated/α-hetero) is 1. The molecule has 0 radical (unpaired) electrons. The standard InChI is InChI=1S/C14H9ClN2O3S/c15-11-2-1-10(21-11)9(18)5-6-3-7-12(8(16)4-6)14(20)17-13(7)19/h1-4H,5,16H2,(H,17,19,20). The van der Waals surface area contributed by atoms with Crippen molar-refractivity contribution in [3.05, 3.63) is 50.2 Å². The smallest absolute Gasteiger partial charge is 0.261 e. The van der Waals surface area contributed by atoms with Gasteiger partial charge in [-0.1, -0.05) is 11.6 Å². The molecule has 1 aromatic carbocycles. The fourth-order valence-corrected chi connectivity index (χ4v) is 3.21. The van der Waals surface area contributed by atoms with Gasteiger partial charge in [0, 0.05) is 12.1 Å². The summed E-state index contributed by atoms with van der Waals surface area (Å²) in [4.78, 5) is 35.9. The first-order chi connectivity index (χ1) is 9.95. The zero-order valence-electron chi connectivity index (χ0n) is 10.6. The molecule has 1 aromatic heterocycles. The molecule has 0 bridgehead atoms. The Morgan fingerprint density at radius 2 is 2.00 bits per heavy atom. The zero-order chi connectivity index (χ0) is 15.1. The van der Waals surface area contributed by atoms with Gasteiger partial charge in [-0.3, -0.25) is 19.7 Å². The molecule has 5 nitrogen and oxygen atoms in total. The summed E-state index contributed by atoms with van der Waals surface area (Å²) in [6.45, 7) is 0. The highest BCUT2D eigenvalue weighted by molar-refractivity contribution is 7.18. The Hall–Kier alpha value is -2.18. The van der Waals surface area contributed by atoms with E-state index >= 15 is 0 Å². The highest BCUT2D eigenvalue weighted by Crippen LogP contribution is 2.26. The largest absolute Gasteiger partial charge is 0.398 e. The summed E-state index contributed by atoms with van der Waals surface area (Å²) in [5, 5.41) is 2.18. The summed E-state index contributed by atoms with van der Waals surface area (Å²) in [7, 11) is 0. The van der Waals surface area contributed by atoms with Gasteiger partial charge in [0.2, 0.25) is 0 Å². The Labute approximate surface area is 128 Å². The molecule has 1 aliphatic rings. The van der Waals surface area contributed by atoms with Crippen LogP contribution < -0.4 is 11.1 Å². The van der Waals surface area contributed by atoms with E-state index in [9.17, 15) is 14.4 Å². The van der Waals surface area contributed by atoms with Crippen molar-refractivity contribution in [2.24, 2.45) is 0 Å². The van der Waals surface area contributed by atoms with Crippen LogP contribution in [0.5, 0.6) is 0 Å². The van der Waals surface area contributed by atoms with E-state index in [1.807, 2.05) is 0 Å². The Morgan fingerprint density at radius 3 is 2.67 bits per heavy atom. The van der Waals surface area contributed by atoms with Crippen molar-refractivity contribution in [3.63, 3.8) is 0 Å². The van der Waals surface area contributed by atoms with Gasteiger partial charge in [0.25, 0.3) is 11.8 Å². The number of benzene rings is 1. The number of halogens is 1. The van der Waals surface area contributed by atoms with Gasteiger partial charge in [-0.05, 0) is 29.8 Å². The van der Waals surface area contributed by atoms with Crippen molar-refractivity contribution >= 4 is 46.2 Å². The number of hydrogen-bond donors (Lipinski definition) is 2. The lowest BCUT2D eigenvalue weighted by molar-refractivity contribution is 0.0878. The van der Waals surface area contributed by atoms with Crippen molar-refractivity contribution in [2.75, 3.05) is 5.73 Å². The minimum absolute atomic E-state index is 0.0930. The number of fused-ring (bicyclic) bond motifs is 1. The van der Waals surface area contributed by atoms with Gasteiger partial charge in [0.1, 0.15) is 0 Å². The topological polar surface area (TPSA) is 89.3 Å². The molecule has 0 saturated carbocycles. The molecule has 21 heavy (non-hydrogen) atoms. The minimum Gasteiger partial charge on any atom is -0.398 e. The van der Waals surface area contributed by atoms with Crippen molar-refractivity contribution in [1.29, 1.82) is 0 Å². The fourth-order valence-electron chi connectivity index (χ4n) is 2.23. The van der Waals surface area contributed by atoms with Gasteiger partial charge >= 0.3 is 0 Å². The molecule has 0 fully saturated rings. The minimum atomic E-state index is -0.504. The maximum atomic E-state index is 12.1. The molecule has 3 N–H and O–H groups in total. The number of imide groups is 1. The van der Waals surface area contributed by atoms with Crippen LogP contribution in [-0.4, -0.2) is 17.6 Å². The highest BCUT2D eigenvalue weighted by atomic mass is 35.5. The molecule has 0 spiro atoms. The second-order valence-electron chi connectivity index (χ2n) is 4.59. The predicted octanol–water partition coefficient (Wildman–Crippen LogP) is 2.29. The lowest BCUT2D eigenvalue weighted by atomic mass is 10.00. The molecular formula is C14H9ClN2O3S. The van der Waals surface area contributed by atoms with Crippen LogP contribution in [0.2, 0.25) is 4.34 Å². The normalized spacial score (nSPS) is 13.2. The first kappa shape index (κ1) is 13.8. The SMILES string of the molecule is Nc1cc(CC(=O)c2ccc(Cl)s2)cc2c1C(=O)NC2=O. The summed E-state index contributed by atoms with van der Waals surface area (Å²) < 4.78 is 0.539. The van der Waals surface area contributed by atoms with E-state index in [4.69, 9.17) is 17.3 Å². The molecule has 2 heterocycles. The molecule has 106 valence electrons. The zero-order valence-corrected chi connectivity index (χ0v) is 12.2. The Morgan fingerprint density at radius 1 is 1.24 bits per heavy atom. The van der Waals surface area contributed by atoms with E-state index in [0.29, 0.717) is 14.8 Å². The average Bonchev–Trinajstić information content (AvgIpc) is 2.95. The predicted molar refractivity (Wildman–Crippen MR) is 80.0 cm³/mol. The summed E-state index contributed by atoms with van der Waals surface area (Å²) in [5.74, 6) is -1.11. The van der Waals surface area contributed by atoms with Crippen molar-refractivity contribution in [3.8, 4) is 0 Å². The van der Waals surface area contributed by atoms with E-state index in [1.54, 1.807) is 18.2 Å². The average molecular weight is 321 g/mol. The monoisotopic (exact) mass is 320 g/mol. The number of anilines is 1. The third-order valence-corrected chi connectivity index (χ3v) is 4.41. The molecule has 1 aliphatic heterocycles. The number of nitrogens with two attached hydrogens (primary N) is 1. The summed E-state index contributed by atoms with van der Waals surface area (Å²) in [5.41, 5.74) is 6.98. The van der Waals surface area contributed by atoms with Crippen LogP contribution in [0.25, 0.3) is 0 Å². The van der Waals surface area contributed by atoms with Crippen molar-refractivity contribution < 1.29 is 14.4 Å². The molecule has 2 aromatic rings. The van der Waals surface area contributed by atoms with E-state index in [2.05, 4.69) is 5.32 Å². The molecule has 3 rings (SSSR count). The number of rotatable bonds is 3. The lowest BCUT2D eigenvalue weighted by Gasteiger charge is -2.05. The van der Waals surface area contributed by atoms with E-state index < -0.39 is 11.8 Å². The number of nitrogens with one attached hydrogen (secondary N) is 1. The third-order valence-electron chi connectivity index (χ3n) is 3.14. The van der Waals surface area contributed by atoms with Crippen LogP contribution in [0.15, 0.2) is 24.3 Å². The lowest BCUT2D eigenvalue weighted by Crippen LogP contribution is -2.20. The highest BCUT2D eigenvalue weighted by Gasteiger charge is 2.29. The van der Waals surface area contributed by atoms with Crippen molar-refractivity contribution in [1.82, 2.24) is 5.32 Å². The van der Waals surface area contributed by atoms with Gasteiger partial charge < -0.3 is 5.73 Å². The number of nitrogen functional groups attached to an aromatic ring is 1. The number of hydrogen-bond acceptors (Lipinski definition) is 5. The van der Waals surface area contributed by atoms with Gasteiger partial charge in [-0.25, -0.2) is 0 Å². The van der Waals surface area contributed by atoms with Crippen LogP contribution >= 0.6 is 22.9 Å². The van der Waals surface area contributed by atoms with E-state index in [1.165, 1.54) is 17.4 Å². The Kier molecular flexibility index (Phi) is 3.27. The Bertz CT molecular complexity index is 798. The molecule has 0 unspecified atom stereocenters. The van der Waals surface area contributed by atoms with E-state index in [0.717, 1.165) is 0 Å². The number of carbonyl (C=O) groups excluding carboxylic acids is 3. The second-order valence-corrected chi connectivity index (χ2v) is 6.31. The molecule has 0 atom stereocenters. The van der Waals surface area contributed by atoms with Crippen LogP contribution in [0.1, 0.15) is 36.0 Å². The molecule has 2 amide bonds. The van der Waals surface area contributed by atoms with Gasteiger partial charge in [0.05, 0.1) is 20.3 Å². The first-order valence-electron chi connectivity index (χ1n) is 6.02. The Balaban J connectivity index is 1.93. The summed E-state index contributed by atoms with van der Waals surface area (Å²) in [6, 6.07) is 6.38. The van der Waals surface area contributed by atoms with Gasteiger partial charge in [0.15, 0.2) is 5.78 Å². The van der Waals surface area contributed by atoms with Crippen molar-refractivity contribution in [2.45, 2.75) is 6.42 Å². The number of ketones is 1. The van der Waals surface area contributed by atoms with Gasteiger partial charge in [-0.15, -0.1) is 11.3 Å². The maximum Gasteiger partial charge on any atom is 0.261 e. The van der Waals surface area contributed by atoms with Gasteiger partial charge in [-0.2, -0.15) is 0 Å². The number of carbonyl (C=O) groups is 3. The summed E-state index contributed by atoms with van der Waals surface area (Å²) in [6.07, 6.45) is 0.0930. The first-order valence-corrected chi connectivity index (χ1v) is 7.22. The molecule has 0 aliphatic carbocycles. The van der Waals surface area contributed by atoms with Crippen LogP contribution in [-0.2, 0) is 6.42 Å². The fraction of sp³-hybridized carbons (Fsp3) is 0.0714.